The molecule has 0 amide bonds. The summed E-state index contributed by atoms with van der Waals surface area (Å²) in [5, 5.41) is 16.2. The molecule has 2 fully saturated rings. The summed E-state index contributed by atoms with van der Waals surface area (Å²) in [6.07, 6.45) is 0.290. The van der Waals surface area contributed by atoms with Crippen LogP contribution in [0.1, 0.15) is 6.42 Å². The van der Waals surface area contributed by atoms with E-state index < -0.39 is 0 Å². The Morgan fingerprint density at radius 2 is 2.42 bits per heavy atom. The molecule has 2 heterocycles. The highest BCUT2D eigenvalue weighted by Gasteiger charge is 2.36. The van der Waals surface area contributed by atoms with Crippen molar-refractivity contribution in [3.8, 4) is 0 Å². The van der Waals surface area contributed by atoms with Gasteiger partial charge in [0.15, 0.2) is 5.11 Å². The zero-order valence-electron chi connectivity index (χ0n) is 6.62. The second-order valence-electron chi connectivity index (χ2n) is 3.15. The molecule has 2 rings (SSSR count). The van der Waals surface area contributed by atoms with Gasteiger partial charge in [-0.1, -0.05) is 0 Å². The lowest BCUT2D eigenvalue weighted by molar-refractivity contribution is 0.0246. The van der Waals surface area contributed by atoms with Crippen molar-refractivity contribution in [3.63, 3.8) is 0 Å². The molecule has 12 heavy (non-hydrogen) atoms. The van der Waals surface area contributed by atoms with Crippen LogP contribution in [0.5, 0.6) is 0 Å². The Hall–Kier alpha value is -0.390. The minimum atomic E-state index is -0.342. The molecular formula is C7H12N2O2S. The fourth-order valence-corrected chi connectivity index (χ4v) is 1.89. The normalized spacial score (nSPS) is 41.1. The van der Waals surface area contributed by atoms with E-state index in [2.05, 4.69) is 10.6 Å². The van der Waals surface area contributed by atoms with E-state index in [0.29, 0.717) is 11.7 Å². The third-order valence-corrected chi connectivity index (χ3v) is 2.56. The van der Waals surface area contributed by atoms with E-state index >= 15 is 0 Å². The average molecular weight is 188 g/mol. The Bertz CT molecular complexity index is 200. The van der Waals surface area contributed by atoms with Crippen LogP contribution in [-0.4, -0.2) is 41.6 Å². The Balaban J connectivity index is 1.95. The lowest BCUT2D eigenvalue weighted by atomic mass is 10.1. The van der Waals surface area contributed by atoms with E-state index in [4.69, 9.17) is 17.0 Å². The van der Waals surface area contributed by atoms with Crippen molar-refractivity contribution in [2.45, 2.75) is 24.7 Å². The molecule has 0 spiro atoms. The molecule has 5 heteroatoms. The predicted molar refractivity (Wildman–Crippen MR) is 47.9 cm³/mol. The van der Waals surface area contributed by atoms with Crippen LogP contribution in [0.3, 0.4) is 0 Å². The molecule has 2 aliphatic heterocycles. The number of aliphatic hydroxyl groups excluding tert-OH is 1. The van der Waals surface area contributed by atoms with Crippen molar-refractivity contribution in [1.82, 2.24) is 10.6 Å². The van der Waals surface area contributed by atoms with Gasteiger partial charge in [0.25, 0.3) is 0 Å². The Labute approximate surface area is 76.3 Å². The molecule has 2 aliphatic rings. The first-order chi connectivity index (χ1) is 5.77. The molecule has 0 saturated carbocycles. The van der Waals surface area contributed by atoms with Gasteiger partial charge in [-0.05, 0) is 18.6 Å². The molecule has 0 aliphatic carbocycles. The summed E-state index contributed by atoms with van der Waals surface area (Å²) in [7, 11) is 0. The van der Waals surface area contributed by atoms with Crippen molar-refractivity contribution in [2.24, 2.45) is 0 Å². The maximum absolute atomic E-state index is 9.50. The first-order valence-corrected chi connectivity index (χ1v) is 4.52. The zero-order valence-corrected chi connectivity index (χ0v) is 7.43. The Morgan fingerprint density at radius 3 is 2.92 bits per heavy atom. The molecule has 0 radical (unpaired) electrons. The zero-order chi connectivity index (χ0) is 8.55. The summed E-state index contributed by atoms with van der Waals surface area (Å²) in [6, 6.07) is 0.134. The van der Waals surface area contributed by atoms with Gasteiger partial charge in [-0.2, -0.15) is 0 Å². The highest BCUT2D eigenvalue weighted by molar-refractivity contribution is 7.80. The van der Waals surface area contributed by atoms with Crippen molar-refractivity contribution in [2.75, 3.05) is 13.2 Å². The molecule has 3 N–H and O–H groups in total. The fourth-order valence-electron chi connectivity index (χ4n) is 1.66. The second-order valence-corrected chi connectivity index (χ2v) is 3.56. The van der Waals surface area contributed by atoms with Gasteiger partial charge in [-0.25, -0.2) is 0 Å². The predicted octanol–water partition coefficient (Wildman–Crippen LogP) is -1.02. The fraction of sp³-hybridized carbons (Fsp3) is 0.857. The molecule has 0 aromatic carbocycles. The minimum absolute atomic E-state index is 0.0991. The molecule has 0 bridgehead atoms. The molecule has 0 aromatic heterocycles. The summed E-state index contributed by atoms with van der Waals surface area (Å²) in [4.78, 5) is 0. The number of hydrogen-bond donors (Lipinski definition) is 3. The van der Waals surface area contributed by atoms with Crippen LogP contribution in [-0.2, 0) is 4.74 Å². The molecule has 2 saturated heterocycles. The van der Waals surface area contributed by atoms with Gasteiger partial charge in [-0.15, -0.1) is 0 Å². The van der Waals surface area contributed by atoms with Crippen LogP contribution in [0.2, 0.25) is 0 Å². The third-order valence-electron chi connectivity index (χ3n) is 2.30. The van der Waals surface area contributed by atoms with E-state index in [1.54, 1.807) is 0 Å². The summed E-state index contributed by atoms with van der Waals surface area (Å²) in [6.45, 7) is 1.40. The molecule has 4 nitrogen and oxygen atoms in total. The molecule has 0 aromatic rings. The van der Waals surface area contributed by atoms with Crippen molar-refractivity contribution >= 4 is 17.3 Å². The maximum atomic E-state index is 9.50. The first kappa shape index (κ1) is 8.22. The summed E-state index contributed by atoms with van der Waals surface area (Å²) < 4.78 is 5.39. The molecule has 3 unspecified atom stereocenters. The smallest absolute Gasteiger partial charge is 0.166 e. The van der Waals surface area contributed by atoms with E-state index in [1.807, 2.05) is 0 Å². The highest BCUT2D eigenvalue weighted by atomic mass is 32.1. The van der Waals surface area contributed by atoms with Gasteiger partial charge in [-0.3, -0.25) is 0 Å². The number of ether oxygens (including phenoxy) is 1. The van der Waals surface area contributed by atoms with Gasteiger partial charge < -0.3 is 20.5 Å². The van der Waals surface area contributed by atoms with E-state index in [0.717, 1.165) is 13.0 Å². The minimum Gasteiger partial charge on any atom is -0.390 e. The molecular weight excluding hydrogens is 176 g/mol. The van der Waals surface area contributed by atoms with E-state index in [-0.39, 0.29) is 18.2 Å². The third kappa shape index (κ3) is 1.39. The number of thiocarbonyl (C=S) groups is 1. The van der Waals surface area contributed by atoms with Gasteiger partial charge in [0.2, 0.25) is 0 Å². The van der Waals surface area contributed by atoms with Crippen LogP contribution in [0.4, 0.5) is 0 Å². The Morgan fingerprint density at radius 1 is 1.58 bits per heavy atom. The largest absolute Gasteiger partial charge is 0.390 e. The molecule has 68 valence electrons. The van der Waals surface area contributed by atoms with Crippen LogP contribution in [0.15, 0.2) is 0 Å². The van der Waals surface area contributed by atoms with Gasteiger partial charge in [0, 0.05) is 13.2 Å². The number of nitrogens with one attached hydrogen (secondary N) is 2. The van der Waals surface area contributed by atoms with Crippen LogP contribution in [0.25, 0.3) is 0 Å². The highest BCUT2D eigenvalue weighted by Crippen LogP contribution is 2.17. The van der Waals surface area contributed by atoms with Crippen molar-refractivity contribution in [3.05, 3.63) is 0 Å². The summed E-state index contributed by atoms with van der Waals surface area (Å²) in [5.41, 5.74) is 0. The average Bonchev–Trinajstić information content (AvgIpc) is 2.58. The first-order valence-electron chi connectivity index (χ1n) is 4.11. The standard InChI is InChI=1S/C7H12N2O2S/c10-5-1-2-11-6(5)4-3-8-7(12)9-4/h4-6,10H,1-3H2,(H2,8,9,12). The van der Waals surface area contributed by atoms with Crippen LogP contribution in [0, 0.1) is 0 Å². The maximum Gasteiger partial charge on any atom is 0.166 e. The van der Waals surface area contributed by atoms with Crippen LogP contribution < -0.4 is 10.6 Å². The SMILES string of the molecule is OC1CCOC1C1CNC(=S)N1. The second kappa shape index (κ2) is 3.16. The number of rotatable bonds is 1. The topological polar surface area (TPSA) is 53.5 Å². The van der Waals surface area contributed by atoms with E-state index in [1.165, 1.54) is 0 Å². The van der Waals surface area contributed by atoms with Crippen molar-refractivity contribution < 1.29 is 9.84 Å². The van der Waals surface area contributed by atoms with Gasteiger partial charge >= 0.3 is 0 Å². The summed E-state index contributed by atoms with van der Waals surface area (Å²) in [5.74, 6) is 0. The molecule has 3 atom stereocenters. The summed E-state index contributed by atoms with van der Waals surface area (Å²) >= 11 is 4.91. The van der Waals surface area contributed by atoms with Gasteiger partial charge in [0.05, 0.1) is 12.1 Å². The Kier molecular flexibility index (Phi) is 2.16. The van der Waals surface area contributed by atoms with Crippen LogP contribution >= 0.6 is 12.2 Å². The monoisotopic (exact) mass is 188 g/mol. The van der Waals surface area contributed by atoms with Crippen molar-refractivity contribution in [1.29, 1.82) is 0 Å². The lowest BCUT2D eigenvalue weighted by Gasteiger charge is -2.19. The van der Waals surface area contributed by atoms with E-state index in [9.17, 15) is 5.11 Å². The lowest BCUT2D eigenvalue weighted by Crippen LogP contribution is -2.43. The number of hydrogen-bond acceptors (Lipinski definition) is 3. The quantitative estimate of drug-likeness (QED) is 0.460. The van der Waals surface area contributed by atoms with Gasteiger partial charge in [0.1, 0.15) is 6.10 Å². The number of aliphatic hydroxyl groups is 1.